The number of hydrogen-bond acceptors (Lipinski definition) is 1. The summed E-state index contributed by atoms with van der Waals surface area (Å²) in [6, 6.07) is 16.1. The molecule has 104 valence electrons. The Morgan fingerprint density at radius 2 is 1.70 bits per heavy atom. The second-order valence-corrected chi connectivity index (χ2v) is 5.06. The summed E-state index contributed by atoms with van der Waals surface area (Å²) < 4.78 is 0. The van der Waals surface area contributed by atoms with Gasteiger partial charge in [-0.25, -0.2) is 0 Å². The number of benzene rings is 2. The molecule has 2 aromatic carbocycles. The molecule has 2 rings (SSSR count). The molecule has 0 unspecified atom stereocenters. The van der Waals surface area contributed by atoms with Crippen LogP contribution in [0.15, 0.2) is 48.5 Å². The second kappa shape index (κ2) is 7.54. The number of para-hydroxylation sites is 1. The quantitative estimate of drug-likeness (QED) is 0.556. The average Bonchev–Trinajstić information content (AvgIpc) is 2.49. The van der Waals surface area contributed by atoms with E-state index in [1.165, 1.54) is 12.8 Å². The Morgan fingerprint density at radius 3 is 2.45 bits per heavy atom. The van der Waals surface area contributed by atoms with Crippen LogP contribution in [0.2, 0.25) is 0 Å². The van der Waals surface area contributed by atoms with Gasteiger partial charge in [-0.1, -0.05) is 80.4 Å². The van der Waals surface area contributed by atoms with Gasteiger partial charge in [-0.15, -0.1) is 0 Å². The maximum Gasteiger partial charge on any atom is 0.125 e. The maximum absolute atomic E-state index is 10.3. The molecule has 0 saturated carbocycles. The first kappa shape index (κ1) is 14.4. The van der Waals surface area contributed by atoms with E-state index in [0.717, 1.165) is 29.5 Å². The van der Waals surface area contributed by atoms with Crippen molar-refractivity contribution >= 4 is 12.2 Å². The van der Waals surface area contributed by atoms with Gasteiger partial charge in [-0.05, 0) is 24.0 Å². The third-order valence-corrected chi connectivity index (χ3v) is 3.46. The summed E-state index contributed by atoms with van der Waals surface area (Å²) in [5.41, 5.74) is 3.08. The number of hydrogen-bond donors (Lipinski definition) is 1. The van der Waals surface area contributed by atoms with E-state index in [2.05, 4.69) is 19.1 Å². The predicted molar refractivity (Wildman–Crippen MR) is 86.7 cm³/mol. The van der Waals surface area contributed by atoms with Crippen LogP contribution in [-0.4, -0.2) is 5.11 Å². The van der Waals surface area contributed by atoms with Crippen LogP contribution in [0.1, 0.15) is 42.9 Å². The van der Waals surface area contributed by atoms with E-state index in [9.17, 15) is 5.11 Å². The molecule has 0 saturated heterocycles. The Balaban J connectivity index is 2.12. The topological polar surface area (TPSA) is 20.2 Å². The molecule has 0 heterocycles. The van der Waals surface area contributed by atoms with Gasteiger partial charge in [0, 0.05) is 5.56 Å². The molecular weight excluding hydrogens is 244 g/mol. The van der Waals surface area contributed by atoms with Gasteiger partial charge in [-0.3, -0.25) is 0 Å². The summed E-state index contributed by atoms with van der Waals surface area (Å²) in [7, 11) is 0. The maximum atomic E-state index is 10.3. The molecule has 0 fully saturated rings. The first-order chi connectivity index (χ1) is 9.81. The fourth-order valence-electron chi connectivity index (χ4n) is 2.26. The van der Waals surface area contributed by atoms with Crippen LogP contribution in [0, 0.1) is 0 Å². The number of phenols is 1. The van der Waals surface area contributed by atoms with Crippen LogP contribution in [0.25, 0.3) is 12.2 Å². The highest BCUT2D eigenvalue weighted by atomic mass is 16.3. The minimum atomic E-state index is 0.427. The van der Waals surface area contributed by atoms with Gasteiger partial charge in [0.15, 0.2) is 0 Å². The Labute approximate surface area is 121 Å². The standard InChI is InChI=1S/C19H22O/c1-2-3-5-11-17-12-8-13-18(19(17)20)15-14-16-9-6-4-7-10-16/h4,6-10,12-15,20H,2-3,5,11H2,1H3. The molecule has 0 aromatic heterocycles. The first-order valence-electron chi connectivity index (χ1n) is 7.35. The summed E-state index contributed by atoms with van der Waals surface area (Å²) >= 11 is 0. The fraction of sp³-hybridized carbons (Fsp3) is 0.263. The second-order valence-electron chi connectivity index (χ2n) is 5.06. The minimum absolute atomic E-state index is 0.427. The molecule has 0 radical (unpaired) electrons. The molecule has 1 N–H and O–H groups in total. The Kier molecular flexibility index (Phi) is 5.43. The molecule has 0 atom stereocenters. The predicted octanol–water partition coefficient (Wildman–Crippen LogP) is 5.30. The van der Waals surface area contributed by atoms with Crippen molar-refractivity contribution in [2.75, 3.05) is 0 Å². The number of unbranched alkanes of at least 4 members (excludes halogenated alkanes) is 2. The van der Waals surface area contributed by atoms with E-state index in [4.69, 9.17) is 0 Å². The van der Waals surface area contributed by atoms with Crippen molar-refractivity contribution in [2.24, 2.45) is 0 Å². The van der Waals surface area contributed by atoms with E-state index < -0.39 is 0 Å². The third kappa shape index (κ3) is 3.99. The summed E-state index contributed by atoms with van der Waals surface area (Å²) in [4.78, 5) is 0. The molecule has 20 heavy (non-hydrogen) atoms. The minimum Gasteiger partial charge on any atom is -0.507 e. The first-order valence-corrected chi connectivity index (χ1v) is 7.35. The van der Waals surface area contributed by atoms with Gasteiger partial charge in [0.05, 0.1) is 0 Å². The number of phenolic OH excluding ortho intramolecular Hbond substituents is 1. The van der Waals surface area contributed by atoms with Crippen molar-refractivity contribution < 1.29 is 5.11 Å². The lowest BCUT2D eigenvalue weighted by molar-refractivity contribution is 0.465. The van der Waals surface area contributed by atoms with Gasteiger partial charge < -0.3 is 5.11 Å². The molecule has 1 nitrogen and oxygen atoms in total. The molecule has 0 aliphatic carbocycles. The molecular formula is C19H22O. The van der Waals surface area contributed by atoms with Crippen molar-refractivity contribution in [3.63, 3.8) is 0 Å². The largest absolute Gasteiger partial charge is 0.507 e. The number of aromatic hydroxyl groups is 1. The lowest BCUT2D eigenvalue weighted by Crippen LogP contribution is -1.88. The third-order valence-electron chi connectivity index (χ3n) is 3.46. The summed E-state index contributed by atoms with van der Waals surface area (Å²) in [5.74, 6) is 0.427. The lowest BCUT2D eigenvalue weighted by atomic mass is 10.0. The van der Waals surface area contributed by atoms with Crippen molar-refractivity contribution in [1.29, 1.82) is 0 Å². The van der Waals surface area contributed by atoms with Gasteiger partial charge >= 0.3 is 0 Å². The van der Waals surface area contributed by atoms with Crippen LogP contribution >= 0.6 is 0 Å². The molecule has 0 aliphatic heterocycles. The van der Waals surface area contributed by atoms with Crippen molar-refractivity contribution in [1.82, 2.24) is 0 Å². The molecule has 1 heteroatoms. The molecule has 0 aliphatic rings. The SMILES string of the molecule is CCCCCc1cccc(C=Cc2ccccc2)c1O. The number of aryl methyl sites for hydroxylation is 1. The van der Waals surface area contributed by atoms with Crippen molar-refractivity contribution in [3.8, 4) is 5.75 Å². The zero-order chi connectivity index (χ0) is 14.2. The zero-order valence-corrected chi connectivity index (χ0v) is 12.0. The molecule has 2 aromatic rings. The van der Waals surface area contributed by atoms with E-state index in [1.807, 2.05) is 48.6 Å². The van der Waals surface area contributed by atoms with Crippen molar-refractivity contribution in [3.05, 3.63) is 65.2 Å². The fourth-order valence-corrected chi connectivity index (χ4v) is 2.26. The summed E-state index contributed by atoms with van der Waals surface area (Å²) in [5, 5.41) is 10.3. The normalized spacial score (nSPS) is 11.1. The van der Waals surface area contributed by atoms with E-state index >= 15 is 0 Å². The van der Waals surface area contributed by atoms with Crippen molar-refractivity contribution in [2.45, 2.75) is 32.6 Å². The molecule has 0 spiro atoms. The van der Waals surface area contributed by atoms with Crippen LogP contribution in [0.3, 0.4) is 0 Å². The van der Waals surface area contributed by atoms with E-state index in [-0.39, 0.29) is 0 Å². The van der Waals surface area contributed by atoms with E-state index in [1.54, 1.807) is 0 Å². The molecule has 0 bridgehead atoms. The van der Waals surface area contributed by atoms with Gasteiger partial charge in [0.2, 0.25) is 0 Å². The molecule has 0 amide bonds. The summed E-state index contributed by atoms with van der Waals surface area (Å²) in [6.07, 6.45) is 8.51. The Hall–Kier alpha value is -2.02. The van der Waals surface area contributed by atoms with E-state index in [0.29, 0.717) is 5.75 Å². The average molecular weight is 266 g/mol. The van der Waals surface area contributed by atoms with Gasteiger partial charge in [0.1, 0.15) is 5.75 Å². The highest BCUT2D eigenvalue weighted by Crippen LogP contribution is 2.26. The van der Waals surface area contributed by atoms with Crippen LogP contribution in [0.5, 0.6) is 5.75 Å². The monoisotopic (exact) mass is 266 g/mol. The van der Waals surface area contributed by atoms with Crippen LogP contribution in [0.4, 0.5) is 0 Å². The van der Waals surface area contributed by atoms with Crippen LogP contribution < -0.4 is 0 Å². The lowest BCUT2D eigenvalue weighted by Gasteiger charge is -2.07. The smallest absolute Gasteiger partial charge is 0.125 e. The zero-order valence-electron chi connectivity index (χ0n) is 12.0. The Morgan fingerprint density at radius 1 is 0.900 bits per heavy atom. The highest BCUT2D eigenvalue weighted by molar-refractivity contribution is 5.73. The van der Waals surface area contributed by atoms with Gasteiger partial charge in [0.25, 0.3) is 0 Å². The Bertz CT molecular complexity index is 555. The summed E-state index contributed by atoms with van der Waals surface area (Å²) in [6.45, 7) is 2.19. The van der Waals surface area contributed by atoms with Gasteiger partial charge in [-0.2, -0.15) is 0 Å². The number of rotatable bonds is 6. The highest BCUT2D eigenvalue weighted by Gasteiger charge is 2.04. The van der Waals surface area contributed by atoms with Crippen LogP contribution in [-0.2, 0) is 6.42 Å².